The summed E-state index contributed by atoms with van der Waals surface area (Å²) in [6, 6.07) is 7.22. The zero-order valence-corrected chi connectivity index (χ0v) is 15.5. The highest BCUT2D eigenvalue weighted by molar-refractivity contribution is 9.10. The average molecular weight is 353 g/mol. The normalized spacial score (nSPS) is 18.3. The Morgan fingerprint density at radius 2 is 1.95 bits per heavy atom. The zero-order chi connectivity index (χ0) is 15.5. The Hall–Kier alpha value is -0.540. The molecule has 1 aliphatic rings. The first-order valence-electron chi connectivity index (χ1n) is 8.20. The number of hydrogen-bond donors (Lipinski definition) is 1. The fourth-order valence-corrected chi connectivity index (χ4v) is 3.37. The molecule has 1 aromatic rings. The van der Waals surface area contributed by atoms with Crippen LogP contribution in [0.2, 0.25) is 0 Å². The molecule has 0 radical (unpaired) electrons. The first-order valence-corrected chi connectivity index (χ1v) is 8.99. The molecule has 0 bridgehead atoms. The van der Waals surface area contributed by atoms with Gasteiger partial charge in [0.2, 0.25) is 0 Å². The Balaban J connectivity index is 2.12. The standard InChI is InChI=1S/C18H29BrN2/c1-5-18(4)8-10-21(11-9-18)17-7-6-16(19)12-15(17)13-20-14(2)3/h6-7,12,14,20H,5,8-11,13H2,1-4H3. The van der Waals surface area contributed by atoms with E-state index in [1.165, 1.54) is 48.1 Å². The van der Waals surface area contributed by atoms with Gasteiger partial charge in [-0.25, -0.2) is 0 Å². The first-order chi connectivity index (χ1) is 9.93. The van der Waals surface area contributed by atoms with Gasteiger partial charge in [0.05, 0.1) is 0 Å². The van der Waals surface area contributed by atoms with E-state index in [0.29, 0.717) is 11.5 Å². The molecule has 2 rings (SSSR count). The summed E-state index contributed by atoms with van der Waals surface area (Å²) in [6.45, 7) is 12.5. The van der Waals surface area contributed by atoms with Gasteiger partial charge in [-0.05, 0) is 42.0 Å². The Morgan fingerprint density at radius 1 is 1.29 bits per heavy atom. The monoisotopic (exact) mass is 352 g/mol. The van der Waals surface area contributed by atoms with Crippen LogP contribution in [0.5, 0.6) is 0 Å². The second kappa shape index (κ2) is 7.15. The van der Waals surface area contributed by atoms with Crippen molar-refractivity contribution in [3.05, 3.63) is 28.2 Å². The number of benzene rings is 1. The molecule has 0 aliphatic carbocycles. The molecule has 1 N–H and O–H groups in total. The third-order valence-corrected chi connectivity index (χ3v) is 5.40. The summed E-state index contributed by atoms with van der Waals surface area (Å²) in [5.74, 6) is 0. The lowest BCUT2D eigenvalue weighted by molar-refractivity contribution is 0.238. The van der Waals surface area contributed by atoms with Crippen LogP contribution in [0.4, 0.5) is 5.69 Å². The molecule has 118 valence electrons. The van der Waals surface area contributed by atoms with Crippen molar-refractivity contribution in [3.8, 4) is 0 Å². The van der Waals surface area contributed by atoms with Crippen molar-refractivity contribution in [1.82, 2.24) is 5.32 Å². The molecule has 1 aliphatic heterocycles. The Labute approximate surface area is 138 Å². The van der Waals surface area contributed by atoms with E-state index in [0.717, 1.165) is 6.54 Å². The predicted molar refractivity (Wildman–Crippen MR) is 96.0 cm³/mol. The van der Waals surface area contributed by atoms with Gasteiger partial charge in [0.1, 0.15) is 0 Å². The summed E-state index contributed by atoms with van der Waals surface area (Å²) in [5, 5.41) is 3.55. The maximum Gasteiger partial charge on any atom is 0.0412 e. The quantitative estimate of drug-likeness (QED) is 0.805. The fraction of sp³-hybridized carbons (Fsp3) is 0.667. The number of rotatable bonds is 5. The van der Waals surface area contributed by atoms with Gasteiger partial charge >= 0.3 is 0 Å². The van der Waals surface area contributed by atoms with Gasteiger partial charge in [0.25, 0.3) is 0 Å². The zero-order valence-electron chi connectivity index (χ0n) is 13.9. The molecule has 1 heterocycles. The predicted octanol–water partition coefficient (Wildman–Crippen LogP) is 4.96. The third-order valence-electron chi connectivity index (χ3n) is 4.91. The van der Waals surface area contributed by atoms with Crippen LogP contribution in [0.1, 0.15) is 52.5 Å². The summed E-state index contributed by atoms with van der Waals surface area (Å²) < 4.78 is 1.17. The van der Waals surface area contributed by atoms with Crippen LogP contribution in [0.25, 0.3) is 0 Å². The fourth-order valence-electron chi connectivity index (χ4n) is 2.96. The molecule has 3 heteroatoms. The highest BCUT2D eigenvalue weighted by atomic mass is 79.9. The molecule has 0 atom stereocenters. The van der Waals surface area contributed by atoms with Gasteiger partial charge in [-0.1, -0.05) is 50.0 Å². The van der Waals surface area contributed by atoms with E-state index in [9.17, 15) is 0 Å². The molecular formula is C18H29BrN2. The summed E-state index contributed by atoms with van der Waals surface area (Å²) in [4.78, 5) is 2.57. The van der Waals surface area contributed by atoms with E-state index in [1.807, 2.05) is 0 Å². The highest BCUT2D eigenvalue weighted by Crippen LogP contribution is 2.36. The minimum atomic E-state index is 0.515. The summed E-state index contributed by atoms with van der Waals surface area (Å²) >= 11 is 3.61. The van der Waals surface area contributed by atoms with E-state index < -0.39 is 0 Å². The minimum Gasteiger partial charge on any atom is -0.371 e. The van der Waals surface area contributed by atoms with Crippen molar-refractivity contribution < 1.29 is 0 Å². The van der Waals surface area contributed by atoms with E-state index in [1.54, 1.807) is 0 Å². The van der Waals surface area contributed by atoms with Gasteiger partial charge in [0, 0.05) is 35.8 Å². The van der Waals surface area contributed by atoms with E-state index in [4.69, 9.17) is 0 Å². The molecule has 0 unspecified atom stereocenters. The molecule has 0 saturated carbocycles. The number of halogens is 1. The SMILES string of the molecule is CCC1(C)CCN(c2ccc(Br)cc2CNC(C)C)CC1. The van der Waals surface area contributed by atoms with Gasteiger partial charge in [-0.3, -0.25) is 0 Å². The lowest BCUT2D eigenvalue weighted by Crippen LogP contribution is -2.39. The smallest absolute Gasteiger partial charge is 0.0412 e. The van der Waals surface area contributed by atoms with Crippen molar-refractivity contribution >= 4 is 21.6 Å². The number of anilines is 1. The maximum absolute atomic E-state index is 3.61. The van der Waals surface area contributed by atoms with Gasteiger partial charge in [0.15, 0.2) is 0 Å². The average Bonchev–Trinajstić information content (AvgIpc) is 2.46. The second-order valence-corrected chi connectivity index (χ2v) is 7.88. The number of hydrogen-bond acceptors (Lipinski definition) is 2. The van der Waals surface area contributed by atoms with Crippen molar-refractivity contribution in [3.63, 3.8) is 0 Å². The molecule has 1 fully saturated rings. The lowest BCUT2D eigenvalue weighted by Gasteiger charge is -2.40. The van der Waals surface area contributed by atoms with Crippen molar-refractivity contribution in [2.75, 3.05) is 18.0 Å². The van der Waals surface area contributed by atoms with Crippen molar-refractivity contribution in [2.24, 2.45) is 5.41 Å². The largest absolute Gasteiger partial charge is 0.371 e. The van der Waals surface area contributed by atoms with Gasteiger partial charge in [-0.15, -0.1) is 0 Å². The highest BCUT2D eigenvalue weighted by Gasteiger charge is 2.29. The topological polar surface area (TPSA) is 15.3 Å². The van der Waals surface area contributed by atoms with E-state index in [-0.39, 0.29) is 0 Å². The summed E-state index contributed by atoms with van der Waals surface area (Å²) in [5.41, 5.74) is 3.35. The number of nitrogens with zero attached hydrogens (tertiary/aromatic N) is 1. The van der Waals surface area contributed by atoms with Crippen LogP contribution in [0, 0.1) is 5.41 Å². The minimum absolute atomic E-state index is 0.515. The molecule has 2 nitrogen and oxygen atoms in total. The Kier molecular flexibility index (Phi) is 5.73. The van der Waals surface area contributed by atoms with Crippen LogP contribution in [-0.4, -0.2) is 19.1 Å². The molecule has 0 aromatic heterocycles. The lowest BCUT2D eigenvalue weighted by atomic mass is 9.78. The maximum atomic E-state index is 3.61. The Bertz CT molecular complexity index is 462. The van der Waals surface area contributed by atoms with Crippen LogP contribution in [0.3, 0.4) is 0 Å². The first kappa shape index (κ1) is 16.8. The third kappa shape index (κ3) is 4.46. The second-order valence-electron chi connectivity index (χ2n) is 6.96. The molecule has 21 heavy (non-hydrogen) atoms. The molecular weight excluding hydrogens is 324 g/mol. The van der Waals surface area contributed by atoms with E-state index >= 15 is 0 Å². The van der Waals surface area contributed by atoms with Crippen LogP contribution >= 0.6 is 15.9 Å². The molecule has 0 spiro atoms. The van der Waals surface area contributed by atoms with Crippen molar-refractivity contribution in [1.29, 1.82) is 0 Å². The Morgan fingerprint density at radius 3 is 2.52 bits per heavy atom. The van der Waals surface area contributed by atoms with Crippen LogP contribution in [0.15, 0.2) is 22.7 Å². The van der Waals surface area contributed by atoms with Crippen LogP contribution < -0.4 is 10.2 Å². The van der Waals surface area contributed by atoms with Gasteiger partial charge < -0.3 is 10.2 Å². The van der Waals surface area contributed by atoms with Gasteiger partial charge in [-0.2, -0.15) is 0 Å². The summed E-state index contributed by atoms with van der Waals surface area (Å²) in [7, 11) is 0. The molecule has 1 saturated heterocycles. The molecule has 1 aromatic carbocycles. The number of nitrogens with one attached hydrogen (secondary N) is 1. The number of piperidine rings is 1. The van der Waals surface area contributed by atoms with E-state index in [2.05, 4.69) is 72.0 Å². The van der Waals surface area contributed by atoms with Crippen molar-refractivity contribution in [2.45, 2.75) is 59.5 Å². The molecule has 0 amide bonds. The summed E-state index contributed by atoms with van der Waals surface area (Å²) in [6.07, 6.45) is 3.90. The van der Waals surface area contributed by atoms with Crippen LogP contribution in [-0.2, 0) is 6.54 Å².